The Morgan fingerprint density at radius 3 is 1.27 bits per heavy atom. The Labute approximate surface area is 413 Å². The average Bonchev–Trinajstić information content (AvgIpc) is 3.87. The first-order valence-corrected chi connectivity index (χ1v) is 23.9. The zero-order valence-electron chi connectivity index (χ0n) is 38.7. The van der Waals surface area contributed by atoms with Crippen molar-refractivity contribution in [2.75, 3.05) is 0 Å². The lowest BCUT2D eigenvalue weighted by molar-refractivity contribution is 0.561. The zero-order chi connectivity index (χ0) is 49.5. The van der Waals surface area contributed by atoms with Gasteiger partial charge in [-0.1, -0.05) is 84.9 Å². The minimum absolute atomic E-state index is 0.00195. The Morgan fingerprint density at radius 2 is 0.845 bits per heavy atom. The van der Waals surface area contributed by atoms with Gasteiger partial charge >= 0.3 is 11.4 Å². The first-order valence-electron chi connectivity index (χ1n) is 23.4. The molecule has 10 rings (SSSR count). The van der Waals surface area contributed by atoms with Gasteiger partial charge < -0.3 is 4.98 Å². The Bertz CT molecular complexity index is 3270. The van der Waals surface area contributed by atoms with Crippen LogP contribution in [0.4, 0.5) is 17.6 Å². The van der Waals surface area contributed by atoms with E-state index in [0.717, 1.165) is 81.4 Å². The molecule has 0 saturated heterocycles. The number of aromatic amines is 1. The average molecular weight is 976 g/mol. The van der Waals surface area contributed by atoms with E-state index in [4.69, 9.17) is 11.6 Å². The van der Waals surface area contributed by atoms with E-state index in [1.807, 2.05) is 89.5 Å². The standard InChI is InChI=1S/C29H25F2N3O.C23H20F2N2O.C6H6ClN/c30-23-14-10-21(11-15-23)26(22-12-16-24(31)17-13-22)7-5-19-33-27-8-1-2-9-28(27)34(29(33)35)20-25-6-3-4-18-32-25;24-18-11-7-16(8-12-18)20(17-9-13-19(25)14-10-17)4-3-15-27-22-6-2-1-5-21(22)26-23(27)28;7-5-6-3-1-2-4-8-6/h1-4,6,8-18,26H,5,7,19-20H2;1-2,5-14,20H,3-4,15H2,(H,26,28);1-4H,5H2. The van der Waals surface area contributed by atoms with Gasteiger partial charge in [-0.05, 0) is 145 Å². The molecular weight excluding hydrogens is 924 g/mol. The molecule has 0 fully saturated rings. The Hall–Kier alpha value is -7.83. The molecule has 0 spiro atoms. The quantitative estimate of drug-likeness (QED) is 0.0818. The SMILES string of the molecule is ClCc1ccccn1.O=c1[nH]c2ccccc2n1CCCC(c1ccc(F)cc1)c1ccc(F)cc1.O=c1n(CCCC(c2ccc(F)cc2)c2ccc(F)cc2)c2ccccc2n1Cc1ccccn1. The fourth-order valence-electron chi connectivity index (χ4n) is 8.84. The highest BCUT2D eigenvalue weighted by atomic mass is 35.5. The molecule has 71 heavy (non-hydrogen) atoms. The number of hydrogen-bond donors (Lipinski definition) is 1. The monoisotopic (exact) mass is 974 g/mol. The Balaban J connectivity index is 0.000000167. The molecule has 10 aromatic rings. The highest BCUT2D eigenvalue weighted by molar-refractivity contribution is 6.16. The van der Waals surface area contributed by atoms with Crippen molar-refractivity contribution in [3.63, 3.8) is 0 Å². The summed E-state index contributed by atoms with van der Waals surface area (Å²) in [6.45, 7) is 1.51. The number of H-pyrrole nitrogens is 1. The van der Waals surface area contributed by atoms with Crippen LogP contribution in [0.3, 0.4) is 0 Å². The summed E-state index contributed by atoms with van der Waals surface area (Å²) < 4.78 is 59.1. The number of benzene rings is 6. The summed E-state index contributed by atoms with van der Waals surface area (Å²) in [4.78, 5) is 36.9. The summed E-state index contributed by atoms with van der Waals surface area (Å²) in [6, 6.07) is 52.4. The third-order valence-electron chi connectivity index (χ3n) is 12.4. The summed E-state index contributed by atoms with van der Waals surface area (Å²) in [5, 5.41) is 0. The zero-order valence-corrected chi connectivity index (χ0v) is 39.5. The molecule has 0 aliphatic rings. The molecule has 0 aliphatic carbocycles. The number of aryl methyl sites for hydroxylation is 2. The number of rotatable bonds is 15. The van der Waals surface area contributed by atoms with Crippen molar-refractivity contribution in [2.24, 2.45) is 0 Å². The number of hydrogen-bond acceptors (Lipinski definition) is 4. The van der Waals surface area contributed by atoms with Gasteiger partial charge in [0.15, 0.2) is 0 Å². The van der Waals surface area contributed by atoms with Crippen LogP contribution in [0.5, 0.6) is 0 Å². The lowest BCUT2D eigenvalue weighted by Gasteiger charge is -2.18. The van der Waals surface area contributed by atoms with E-state index < -0.39 is 0 Å². The summed E-state index contributed by atoms with van der Waals surface area (Å²) in [7, 11) is 0. The summed E-state index contributed by atoms with van der Waals surface area (Å²) in [5.41, 5.74) is 8.88. The summed E-state index contributed by atoms with van der Waals surface area (Å²) >= 11 is 5.46. The molecule has 0 aliphatic heterocycles. The summed E-state index contributed by atoms with van der Waals surface area (Å²) in [5.74, 6) is -0.687. The smallest absolute Gasteiger partial charge is 0.306 e. The minimum atomic E-state index is -0.293. The van der Waals surface area contributed by atoms with E-state index in [0.29, 0.717) is 25.5 Å². The molecular formula is C58H51ClF4N6O2. The van der Waals surface area contributed by atoms with Gasteiger partial charge in [-0.15, -0.1) is 11.6 Å². The van der Waals surface area contributed by atoms with Gasteiger partial charge in [0.25, 0.3) is 0 Å². The number of imidazole rings is 2. The predicted octanol–water partition coefficient (Wildman–Crippen LogP) is 13.2. The number of halogens is 5. The van der Waals surface area contributed by atoms with E-state index in [1.165, 1.54) is 48.5 Å². The maximum atomic E-state index is 13.5. The fourth-order valence-corrected chi connectivity index (χ4v) is 9.00. The molecule has 6 aromatic carbocycles. The first kappa shape index (κ1) is 49.6. The van der Waals surface area contributed by atoms with Crippen LogP contribution in [0.1, 0.15) is 71.2 Å². The number of aromatic nitrogens is 6. The molecule has 4 aromatic heterocycles. The maximum Gasteiger partial charge on any atom is 0.329 e. The van der Waals surface area contributed by atoms with Crippen LogP contribution in [0, 0.1) is 23.3 Å². The van der Waals surface area contributed by atoms with Crippen molar-refractivity contribution in [1.29, 1.82) is 0 Å². The molecule has 0 atom stereocenters. The van der Waals surface area contributed by atoms with Crippen LogP contribution in [0.2, 0.25) is 0 Å². The molecule has 0 saturated carbocycles. The van der Waals surface area contributed by atoms with Crippen molar-refractivity contribution >= 4 is 33.7 Å². The molecule has 0 radical (unpaired) electrons. The first-order chi connectivity index (χ1) is 34.6. The van der Waals surface area contributed by atoms with Crippen LogP contribution in [0.15, 0.2) is 204 Å². The number of pyridine rings is 2. The molecule has 8 nitrogen and oxygen atoms in total. The van der Waals surface area contributed by atoms with E-state index in [2.05, 4.69) is 15.0 Å². The van der Waals surface area contributed by atoms with Gasteiger partial charge in [0.05, 0.1) is 45.9 Å². The third-order valence-corrected chi connectivity index (χ3v) is 12.6. The largest absolute Gasteiger partial charge is 0.329 e. The molecule has 360 valence electrons. The molecule has 1 N–H and O–H groups in total. The second-order valence-corrected chi connectivity index (χ2v) is 17.2. The van der Waals surface area contributed by atoms with Gasteiger partial charge in [-0.3, -0.25) is 23.7 Å². The molecule has 0 amide bonds. The molecule has 4 heterocycles. The van der Waals surface area contributed by atoms with Gasteiger partial charge in [-0.2, -0.15) is 0 Å². The normalized spacial score (nSPS) is 11.1. The lowest BCUT2D eigenvalue weighted by atomic mass is 9.87. The number of fused-ring (bicyclic) bond motifs is 2. The van der Waals surface area contributed by atoms with Crippen molar-refractivity contribution in [1.82, 2.24) is 28.7 Å². The summed E-state index contributed by atoms with van der Waals surface area (Å²) in [6.07, 6.45) is 6.41. The van der Waals surface area contributed by atoms with Gasteiger partial charge in [-0.25, -0.2) is 27.2 Å². The van der Waals surface area contributed by atoms with Crippen LogP contribution >= 0.6 is 11.6 Å². The maximum absolute atomic E-state index is 13.5. The molecule has 0 bridgehead atoms. The van der Waals surface area contributed by atoms with Crippen molar-refractivity contribution < 1.29 is 17.6 Å². The van der Waals surface area contributed by atoms with Gasteiger partial charge in [0.1, 0.15) is 23.3 Å². The molecule has 0 unspecified atom stereocenters. The highest BCUT2D eigenvalue weighted by Crippen LogP contribution is 2.32. The van der Waals surface area contributed by atoms with Crippen LogP contribution < -0.4 is 11.4 Å². The second kappa shape index (κ2) is 24.1. The minimum Gasteiger partial charge on any atom is -0.306 e. The Kier molecular flexibility index (Phi) is 16.9. The lowest BCUT2D eigenvalue weighted by Crippen LogP contribution is -2.25. The van der Waals surface area contributed by atoms with Crippen molar-refractivity contribution in [3.8, 4) is 0 Å². The predicted molar refractivity (Wildman–Crippen MR) is 274 cm³/mol. The topological polar surface area (TPSA) is 90.5 Å². The van der Waals surface area contributed by atoms with Crippen LogP contribution in [0.25, 0.3) is 22.1 Å². The van der Waals surface area contributed by atoms with Gasteiger partial charge in [0, 0.05) is 37.3 Å². The van der Waals surface area contributed by atoms with Crippen LogP contribution in [-0.2, 0) is 25.5 Å². The van der Waals surface area contributed by atoms with E-state index >= 15 is 0 Å². The number of para-hydroxylation sites is 4. The third kappa shape index (κ3) is 12.9. The van der Waals surface area contributed by atoms with E-state index in [9.17, 15) is 27.2 Å². The van der Waals surface area contributed by atoms with Crippen molar-refractivity contribution in [3.05, 3.63) is 272 Å². The number of alkyl halides is 1. The van der Waals surface area contributed by atoms with E-state index in [1.54, 1.807) is 70.1 Å². The van der Waals surface area contributed by atoms with E-state index in [-0.39, 0.29) is 46.5 Å². The van der Waals surface area contributed by atoms with Crippen LogP contribution in [-0.4, -0.2) is 28.7 Å². The fraction of sp³-hybridized carbons (Fsp3) is 0.172. The highest BCUT2D eigenvalue weighted by Gasteiger charge is 2.19. The second-order valence-electron chi connectivity index (χ2n) is 17.0. The number of nitrogens with zero attached hydrogens (tertiary/aromatic N) is 5. The van der Waals surface area contributed by atoms with Gasteiger partial charge in [0.2, 0.25) is 0 Å². The Morgan fingerprint density at radius 1 is 0.451 bits per heavy atom. The number of nitrogens with one attached hydrogen (secondary N) is 1. The molecule has 13 heteroatoms. The van der Waals surface area contributed by atoms with Crippen molar-refractivity contribution in [2.45, 2.75) is 63.0 Å².